The highest BCUT2D eigenvalue weighted by Gasteiger charge is 2.34. The van der Waals surface area contributed by atoms with Gasteiger partial charge in [0.15, 0.2) is 0 Å². The molecule has 0 saturated carbocycles. The van der Waals surface area contributed by atoms with Crippen molar-refractivity contribution in [2.45, 2.75) is 13.0 Å². The predicted molar refractivity (Wildman–Crippen MR) is 104 cm³/mol. The van der Waals surface area contributed by atoms with Gasteiger partial charge in [-0.3, -0.25) is 15.0 Å². The zero-order chi connectivity index (χ0) is 19.4. The van der Waals surface area contributed by atoms with Gasteiger partial charge in [-0.2, -0.15) is 0 Å². The Bertz CT molecular complexity index is 844. The van der Waals surface area contributed by atoms with Crippen LogP contribution in [-0.4, -0.2) is 24.9 Å². The van der Waals surface area contributed by atoms with Crippen molar-refractivity contribution < 1.29 is 14.0 Å². The summed E-state index contributed by atoms with van der Waals surface area (Å²) in [6, 6.07) is 11.3. The third-order valence-electron chi connectivity index (χ3n) is 4.43. The van der Waals surface area contributed by atoms with E-state index in [0.717, 1.165) is 15.6 Å². The van der Waals surface area contributed by atoms with Gasteiger partial charge < -0.3 is 10.6 Å². The summed E-state index contributed by atoms with van der Waals surface area (Å²) in [4.78, 5) is 24.7. The standard InChI is InChI=1S/C19H20BrFN4O2/c1-11-8-13(20)4-7-16(11)24-17(26)10-22-19(27)15-9-23-25-18(15)12-2-5-14(21)6-3-12/h2-8,15,18,23,25H,9-10H2,1H3,(H,22,27)(H,24,26). The van der Waals surface area contributed by atoms with Crippen LogP contribution in [0, 0.1) is 18.7 Å². The molecule has 1 heterocycles. The van der Waals surface area contributed by atoms with Crippen molar-refractivity contribution in [1.82, 2.24) is 16.2 Å². The van der Waals surface area contributed by atoms with Gasteiger partial charge in [0.25, 0.3) is 0 Å². The Labute approximate surface area is 165 Å². The third kappa shape index (κ3) is 4.91. The van der Waals surface area contributed by atoms with Gasteiger partial charge in [-0.1, -0.05) is 28.1 Å². The Morgan fingerprint density at radius 3 is 2.67 bits per heavy atom. The lowest BCUT2D eigenvalue weighted by Crippen LogP contribution is -2.39. The molecular formula is C19H20BrFN4O2. The molecule has 1 aliphatic heterocycles. The van der Waals surface area contributed by atoms with Crippen LogP contribution in [0.2, 0.25) is 0 Å². The first kappa shape index (κ1) is 19.5. The van der Waals surface area contributed by atoms with Gasteiger partial charge >= 0.3 is 0 Å². The van der Waals surface area contributed by atoms with Gasteiger partial charge in [-0.25, -0.2) is 9.82 Å². The van der Waals surface area contributed by atoms with E-state index in [4.69, 9.17) is 0 Å². The van der Waals surface area contributed by atoms with Gasteiger partial charge in [-0.15, -0.1) is 0 Å². The highest BCUT2D eigenvalue weighted by molar-refractivity contribution is 9.10. The molecule has 2 unspecified atom stereocenters. The molecule has 0 radical (unpaired) electrons. The van der Waals surface area contributed by atoms with E-state index in [1.165, 1.54) is 12.1 Å². The monoisotopic (exact) mass is 434 g/mol. The van der Waals surface area contributed by atoms with Crippen molar-refractivity contribution in [2.24, 2.45) is 5.92 Å². The average molecular weight is 435 g/mol. The third-order valence-corrected chi connectivity index (χ3v) is 4.93. The number of hydrogen-bond acceptors (Lipinski definition) is 4. The molecule has 1 fully saturated rings. The summed E-state index contributed by atoms with van der Waals surface area (Å²) in [6.45, 7) is 2.18. The fourth-order valence-corrected chi connectivity index (χ4v) is 3.46. The number of carbonyl (C=O) groups is 2. The van der Waals surface area contributed by atoms with Gasteiger partial charge in [-0.05, 0) is 48.4 Å². The normalized spacial score (nSPS) is 18.9. The van der Waals surface area contributed by atoms with E-state index < -0.39 is 5.92 Å². The summed E-state index contributed by atoms with van der Waals surface area (Å²) in [5.74, 6) is -1.28. The van der Waals surface area contributed by atoms with E-state index in [9.17, 15) is 14.0 Å². The maximum Gasteiger partial charge on any atom is 0.243 e. The van der Waals surface area contributed by atoms with Crippen LogP contribution in [0.3, 0.4) is 0 Å². The van der Waals surface area contributed by atoms with E-state index in [1.807, 2.05) is 19.1 Å². The van der Waals surface area contributed by atoms with Crippen LogP contribution in [0.1, 0.15) is 17.2 Å². The van der Waals surface area contributed by atoms with Crippen molar-refractivity contribution >= 4 is 33.4 Å². The topological polar surface area (TPSA) is 82.3 Å². The molecule has 2 aromatic rings. The van der Waals surface area contributed by atoms with Crippen LogP contribution in [0.5, 0.6) is 0 Å². The predicted octanol–water partition coefficient (Wildman–Crippen LogP) is 2.42. The molecule has 0 bridgehead atoms. The maximum absolute atomic E-state index is 13.1. The molecule has 1 saturated heterocycles. The molecule has 27 heavy (non-hydrogen) atoms. The zero-order valence-electron chi connectivity index (χ0n) is 14.7. The number of aryl methyl sites for hydroxylation is 1. The smallest absolute Gasteiger partial charge is 0.243 e. The van der Waals surface area contributed by atoms with Crippen molar-refractivity contribution in [2.75, 3.05) is 18.4 Å². The fraction of sp³-hybridized carbons (Fsp3) is 0.263. The Balaban J connectivity index is 1.56. The molecule has 1 aliphatic rings. The number of nitrogens with one attached hydrogen (secondary N) is 4. The first-order valence-corrected chi connectivity index (χ1v) is 9.31. The molecule has 2 atom stereocenters. The fourth-order valence-electron chi connectivity index (χ4n) is 2.99. The van der Waals surface area contributed by atoms with Crippen molar-refractivity contribution in [3.05, 3.63) is 63.9 Å². The number of benzene rings is 2. The molecule has 8 heteroatoms. The second kappa shape index (κ2) is 8.60. The van der Waals surface area contributed by atoms with Crippen molar-refractivity contribution in [3.63, 3.8) is 0 Å². The first-order valence-electron chi connectivity index (χ1n) is 8.51. The Morgan fingerprint density at radius 2 is 1.96 bits per heavy atom. The van der Waals surface area contributed by atoms with Crippen LogP contribution >= 0.6 is 15.9 Å². The summed E-state index contributed by atoms with van der Waals surface area (Å²) in [5, 5.41) is 5.46. The van der Waals surface area contributed by atoms with E-state index in [2.05, 4.69) is 37.4 Å². The summed E-state index contributed by atoms with van der Waals surface area (Å²) in [5.41, 5.74) is 8.40. The molecule has 142 valence electrons. The minimum atomic E-state index is -0.405. The summed E-state index contributed by atoms with van der Waals surface area (Å²) >= 11 is 3.38. The summed E-state index contributed by atoms with van der Waals surface area (Å²) in [6.07, 6.45) is 0. The Hall–Kier alpha value is -2.29. The minimum absolute atomic E-state index is 0.124. The van der Waals surface area contributed by atoms with Gasteiger partial charge in [0, 0.05) is 16.7 Å². The minimum Gasteiger partial charge on any atom is -0.347 e. The molecule has 4 N–H and O–H groups in total. The second-order valence-corrected chi connectivity index (χ2v) is 7.30. The van der Waals surface area contributed by atoms with Crippen LogP contribution < -0.4 is 21.5 Å². The van der Waals surface area contributed by atoms with Gasteiger partial charge in [0.2, 0.25) is 11.8 Å². The highest BCUT2D eigenvalue weighted by Crippen LogP contribution is 2.25. The van der Waals surface area contributed by atoms with Crippen molar-refractivity contribution in [1.29, 1.82) is 0 Å². The molecular weight excluding hydrogens is 415 g/mol. The molecule has 6 nitrogen and oxygen atoms in total. The Kier molecular flexibility index (Phi) is 6.20. The average Bonchev–Trinajstić information content (AvgIpc) is 3.12. The lowest BCUT2D eigenvalue weighted by atomic mass is 9.94. The maximum atomic E-state index is 13.1. The van der Waals surface area contributed by atoms with E-state index in [1.54, 1.807) is 18.2 Å². The van der Waals surface area contributed by atoms with Crippen LogP contribution in [0.25, 0.3) is 0 Å². The SMILES string of the molecule is Cc1cc(Br)ccc1NC(=O)CNC(=O)C1CNNC1c1ccc(F)cc1. The van der Waals surface area contributed by atoms with Crippen LogP contribution in [-0.2, 0) is 9.59 Å². The number of hydrazine groups is 1. The van der Waals surface area contributed by atoms with Crippen molar-refractivity contribution in [3.8, 4) is 0 Å². The number of carbonyl (C=O) groups excluding carboxylic acids is 2. The summed E-state index contributed by atoms with van der Waals surface area (Å²) in [7, 11) is 0. The quantitative estimate of drug-likeness (QED) is 0.582. The highest BCUT2D eigenvalue weighted by atomic mass is 79.9. The van der Waals surface area contributed by atoms with E-state index in [-0.39, 0.29) is 30.2 Å². The number of rotatable bonds is 5. The number of hydrogen-bond donors (Lipinski definition) is 4. The van der Waals surface area contributed by atoms with E-state index in [0.29, 0.717) is 12.2 Å². The lowest BCUT2D eigenvalue weighted by Gasteiger charge is -2.18. The Morgan fingerprint density at radius 1 is 1.22 bits per heavy atom. The largest absolute Gasteiger partial charge is 0.347 e. The molecule has 2 aromatic carbocycles. The molecule has 0 spiro atoms. The molecule has 0 aromatic heterocycles. The number of amides is 2. The second-order valence-electron chi connectivity index (χ2n) is 6.39. The van der Waals surface area contributed by atoms with E-state index >= 15 is 0 Å². The van der Waals surface area contributed by atoms with Gasteiger partial charge in [0.1, 0.15) is 5.82 Å². The first-order chi connectivity index (χ1) is 12.9. The summed E-state index contributed by atoms with van der Waals surface area (Å²) < 4.78 is 14.0. The molecule has 3 rings (SSSR count). The zero-order valence-corrected chi connectivity index (χ0v) is 16.3. The lowest BCUT2D eigenvalue weighted by molar-refractivity contribution is -0.127. The van der Waals surface area contributed by atoms with Gasteiger partial charge in [0.05, 0.1) is 18.5 Å². The number of anilines is 1. The van der Waals surface area contributed by atoms with Crippen LogP contribution in [0.15, 0.2) is 46.9 Å². The molecule has 0 aliphatic carbocycles. The van der Waals surface area contributed by atoms with Crippen LogP contribution in [0.4, 0.5) is 10.1 Å². The molecule has 2 amide bonds. The number of halogens is 2.